The van der Waals surface area contributed by atoms with Crippen LogP contribution in [0.5, 0.6) is 5.75 Å². The molecule has 0 amide bonds. The third kappa shape index (κ3) is 3.15. The molecule has 5 heteroatoms. The number of rotatable bonds is 5. The maximum absolute atomic E-state index is 12.3. The summed E-state index contributed by atoms with van der Waals surface area (Å²) in [5, 5.41) is 4.21. The number of fused-ring (bicyclic) bond motifs is 1. The lowest BCUT2D eigenvalue weighted by molar-refractivity contribution is -0.136. The Morgan fingerprint density at radius 2 is 2.27 bits per heavy atom. The number of aromatic nitrogens is 1. The zero-order valence-electron chi connectivity index (χ0n) is 13.2. The number of carbonyl (C=O) groups is 1. The molecule has 5 nitrogen and oxygen atoms in total. The van der Waals surface area contributed by atoms with Gasteiger partial charge in [-0.05, 0) is 57.6 Å². The molecule has 0 radical (unpaired) electrons. The second kappa shape index (κ2) is 6.50. The minimum atomic E-state index is -0.176. The fraction of sp³-hybridized carbons (Fsp3) is 0.471. The zero-order chi connectivity index (χ0) is 15.5. The first-order valence-corrected chi connectivity index (χ1v) is 7.84. The van der Waals surface area contributed by atoms with Gasteiger partial charge in [-0.25, -0.2) is 4.79 Å². The summed E-state index contributed by atoms with van der Waals surface area (Å²) >= 11 is 0. The predicted molar refractivity (Wildman–Crippen MR) is 87.2 cm³/mol. The van der Waals surface area contributed by atoms with Crippen molar-refractivity contribution in [2.45, 2.75) is 25.3 Å². The summed E-state index contributed by atoms with van der Waals surface area (Å²) in [6, 6.07) is 5.64. The van der Waals surface area contributed by atoms with Gasteiger partial charge in [-0.3, -0.25) is 0 Å². The molecule has 2 N–H and O–H groups in total. The summed E-state index contributed by atoms with van der Waals surface area (Å²) in [6.45, 7) is 1.85. The number of likely N-dealkylation sites (N-methyl/N-ethyl adjacent to an activating group) is 1. The summed E-state index contributed by atoms with van der Waals surface area (Å²) < 4.78 is 5.68. The van der Waals surface area contributed by atoms with Gasteiger partial charge >= 0.3 is 5.97 Å². The van der Waals surface area contributed by atoms with Crippen molar-refractivity contribution in [3.63, 3.8) is 0 Å². The number of carbonyl (C=O) groups excluding carboxylic acids is 1. The fourth-order valence-electron chi connectivity index (χ4n) is 2.91. The molecule has 1 atom stereocenters. The first kappa shape index (κ1) is 15.1. The highest BCUT2D eigenvalue weighted by Gasteiger charge is 2.24. The van der Waals surface area contributed by atoms with Crippen molar-refractivity contribution in [3.05, 3.63) is 30.0 Å². The maximum Gasteiger partial charge on any atom is 0.328 e. The molecule has 1 aliphatic heterocycles. The second-order valence-corrected chi connectivity index (χ2v) is 6.12. The third-order valence-corrected chi connectivity index (χ3v) is 4.13. The number of hydrogen-bond acceptors (Lipinski definition) is 4. The van der Waals surface area contributed by atoms with Gasteiger partial charge in [0.1, 0.15) is 11.8 Å². The van der Waals surface area contributed by atoms with Gasteiger partial charge in [-0.1, -0.05) is 6.07 Å². The van der Waals surface area contributed by atoms with Crippen LogP contribution in [0.15, 0.2) is 24.4 Å². The average Bonchev–Trinajstić information content (AvgIpc) is 3.15. The smallest absolute Gasteiger partial charge is 0.328 e. The number of hydrogen-bond donors (Lipinski definition) is 2. The van der Waals surface area contributed by atoms with Gasteiger partial charge in [0.25, 0.3) is 0 Å². The highest BCUT2D eigenvalue weighted by atomic mass is 16.5. The van der Waals surface area contributed by atoms with Crippen molar-refractivity contribution in [1.82, 2.24) is 15.2 Å². The molecule has 0 spiro atoms. The van der Waals surface area contributed by atoms with Crippen LogP contribution in [-0.4, -0.2) is 49.1 Å². The Balaban J connectivity index is 1.84. The van der Waals surface area contributed by atoms with Crippen molar-refractivity contribution in [2.24, 2.45) is 0 Å². The van der Waals surface area contributed by atoms with Crippen LogP contribution in [0.25, 0.3) is 10.9 Å². The van der Waals surface area contributed by atoms with E-state index < -0.39 is 0 Å². The lowest BCUT2D eigenvalue weighted by Gasteiger charge is -2.12. The molecule has 2 aromatic rings. The molecule has 3 rings (SSSR count). The molecule has 1 saturated heterocycles. The highest BCUT2D eigenvalue weighted by Crippen LogP contribution is 2.29. The standard InChI is InChI=1S/C17H23N3O2/c1-20(2)10-8-12-11-19-13-5-3-7-15(16(12)13)22-17(21)14-6-4-9-18-14/h3,5,7,11,14,18-19H,4,6,8-10H2,1-2H3. The van der Waals surface area contributed by atoms with E-state index in [-0.39, 0.29) is 12.0 Å². The molecule has 1 aromatic carbocycles. The van der Waals surface area contributed by atoms with E-state index in [0.29, 0.717) is 5.75 Å². The van der Waals surface area contributed by atoms with Crippen molar-refractivity contribution in [1.29, 1.82) is 0 Å². The number of esters is 1. The molecule has 1 aromatic heterocycles. The summed E-state index contributed by atoms with van der Waals surface area (Å²) in [7, 11) is 4.11. The SMILES string of the molecule is CN(C)CCc1c[nH]c2cccc(OC(=O)C3CCCN3)c12. The van der Waals surface area contributed by atoms with Crippen molar-refractivity contribution >= 4 is 16.9 Å². The first-order valence-electron chi connectivity index (χ1n) is 7.84. The van der Waals surface area contributed by atoms with Crippen molar-refractivity contribution < 1.29 is 9.53 Å². The number of ether oxygens (including phenoxy) is 1. The normalized spacial score (nSPS) is 18.2. The number of aromatic amines is 1. The lowest BCUT2D eigenvalue weighted by Crippen LogP contribution is -2.34. The topological polar surface area (TPSA) is 57.4 Å². The Bertz CT molecular complexity index is 657. The van der Waals surface area contributed by atoms with E-state index in [1.807, 2.05) is 24.4 Å². The number of benzene rings is 1. The third-order valence-electron chi connectivity index (χ3n) is 4.13. The summed E-state index contributed by atoms with van der Waals surface area (Å²) in [4.78, 5) is 17.7. The van der Waals surface area contributed by atoms with Crippen LogP contribution in [-0.2, 0) is 11.2 Å². The van der Waals surface area contributed by atoms with Crippen molar-refractivity contribution in [3.8, 4) is 5.75 Å². The highest BCUT2D eigenvalue weighted by molar-refractivity contribution is 5.92. The van der Waals surface area contributed by atoms with Gasteiger partial charge in [0.05, 0.1) is 0 Å². The summed E-state index contributed by atoms with van der Waals surface area (Å²) in [5.41, 5.74) is 2.20. The van der Waals surface area contributed by atoms with Gasteiger partial charge in [-0.2, -0.15) is 0 Å². The summed E-state index contributed by atoms with van der Waals surface area (Å²) in [6.07, 6.45) is 4.82. The molecular formula is C17H23N3O2. The van der Waals surface area contributed by atoms with Gasteiger partial charge in [-0.15, -0.1) is 0 Å². The Morgan fingerprint density at radius 3 is 3.00 bits per heavy atom. The zero-order valence-corrected chi connectivity index (χ0v) is 13.2. The van der Waals surface area contributed by atoms with Crippen LogP contribution >= 0.6 is 0 Å². The van der Waals surface area contributed by atoms with Gasteiger partial charge in [0.15, 0.2) is 0 Å². The molecule has 118 valence electrons. The molecule has 1 aliphatic rings. The van der Waals surface area contributed by atoms with Gasteiger partial charge < -0.3 is 19.9 Å². The van der Waals surface area contributed by atoms with Crippen LogP contribution in [0, 0.1) is 0 Å². The Labute approximate surface area is 130 Å². The van der Waals surface area contributed by atoms with E-state index in [4.69, 9.17) is 4.74 Å². The molecule has 0 bridgehead atoms. The quantitative estimate of drug-likeness (QED) is 0.654. The largest absolute Gasteiger partial charge is 0.425 e. The van der Waals surface area contributed by atoms with E-state index in [1.54, 1.807) is 0 Å². The van der Waals surface area contributed by atoms with Crippen LogP contribution in [0.3, 0.4) is 0 Å². The van der Waals surface area contributed by atoms with E-state index in [0.717, 1.165) is 43.3 Å². The van der Waals surface area contributed by atoms with E-state index >= 15 is 0 Å². The first-order chi connectivity index (χ1) is 10.6. The molecule has 22 heavy (non-hydrogen) atoms. The Kier molecular flexibility index (Phi) is 4.45. The predicted octanol–water partition coefficient (Wildman–Crippen LogP) is 1.93. The second-order valence-electron chi connectivity index (χ2n) is 6.12. The van der Waals surface area contributed by atoms with E-state index in [9.17, 15) is 4.79 Å². The minimum absolute atomic E-state index is 0.167. The Hall–Kier alpha value is -1.85. The van der Waals surface area contributed by atoms with E-state index in [1.165, 1.54) is 5.56 Å². The van der Waals surface area contributed by atoms with Gasteiger partial charge in [0.2, 0.25) is 0 Å². The van der Waals surface area contributed by atoms with E-state index in [2.05, 4.69) is 29.3 Å². The van der Waals surface area contributed by atoms with Crippen LogP contribution in [0.2, 0.25) is 0 Å². The lowest BCUT2D eigenvalue weighted by atomic mass is 10.1. The minimum Gasteiger partial charge on any atom is -0.425 e. The monoisotopic (exact) mass is 301 g/mol. The number of nitrogens with one attached hydrogen (secondary N) is 2. The number of H-pyrrole nitrogens is 1. The number of nitrogens with zero attached hydrogens (tertiary/aromatic N) is 1. The van der Waals surface area contributed by atoms with Crippen LogP contribution in [0.1, 0.15) is 18.4 Å². The molecule has 0 aliphatic carbocycles. The van der Waals surface area contributed by atoms with Crippen LogP contribution in [0.4, 0.5) is 0 Å². The Morgan fingerprint density at radius 1 is 1.41 bits per heavy atom. The van der Waals surface area contributed by atoms with Crippen molar-refractivity contribution in [2.75, 3.05) is 27.2 Å². The van der Waals surface area contributed by atoms with Crippen LogP contribution < -0.4 is 10.1 Å². The average molecular weight is 301 g/mol. The molecule has 0 saturated carbocycles. The fourth-order valence-corrected chi connectivity index (χ4v) is 2.91. The molecule has 1 unspecified atom stereocenters. The van der Waals surface area contributed by atoms with Gasteiger partial charge in [0, 0.05) is 23.6 Å². The molecular weight excluding hydrogens is 278 g/mol. The molecule has 1 fully saturated rings. The summed E-state index contributed by atoms with van der Waals surface area (Å²) in [5.74, 6) is 0.482. The maximum atomic E-state index is 12.3. The molecule has 2 heterocycles.